The first-order valence-electron chi connectivity index (χ1n) is 7.55. The van der Waals surface area contributed by atoms with Gasteiger partial charge in [0.15, 0.2) is 0 Å². The molecule has 23 heavy (non-hydrogen) atoms. The number of fused-ring (bicyclic) bond motifs is 1. The van der Waals surface area contributed by atoms with E-state index in [1.165, 1.54) is 10.4 Å². The van der Waals surface area contributed by atoms with Crippen molar-refractivity contribution < 1.29 is 4.79 Å². The summed E-state index contributed by atoms with van der Waals surface area (Å²) >= 11 is 5.08. The maximum absolute atomic E-state index is 12.7. The van der Waals surface area contributed by atoms with Gasteiger partial charge >= 0.3 is 0 Å². The van der Waals surface area contributed by atoms with Crippen LogP contribution in [0.3, 0.4) is 0 Å². The Hall–Kier alpha value is -1.50. The molecule has 6 heteroatoms. The Morgan fingerprint density at radius 1 is 1.30 bits per heavy atom. The highest BCUT2D eigenvalue weighted by atomic mass is 32.1. The van der Waals surface area contributed by atoms with E-state index in [0.717, 1.165) is 29.2 Å². The van der Waals surface area contributed by atoms with Gasteiger partial charge in [-0.05, 0) is 41.8 Å². The summed E-state index contributed by atoms with van der Waals surface area (Å²) in [5, 5.41) is 9.28. The maximum atomic E-state index is 12.7. The molecule has 1 amide bonds. The van der Waals surface area contributed by atoms with Crippen molar-refractivity contribution in [2.45, 2.75) is 25.8 Å². The lowest BCUT2D eigenvalue weighted by atomic mass is 10.0. The number of nitrogens with zero attached hydrogens (tertiary/aromatic N) is 2. The van der Waals surface area contributed by atoms with Crippen molar-refractivity contribution in [2.24, 2.45) is 0 Å². The average Bonchev–Trinajstić information content (AvgIpc) is 3.28. The van der Waals surface area contributed by atoms with Crippen molar-refractivity contribution in [3.8, 4) is 10.6 Å². The van der Waals surface area contributed by atoms with Crippen LogP contribution in [-0.4, -0.2) is 22.3 Å². The molecule has 3 aromatic rings. The Morgan fingerprint density at radius 2 is 2.22 bits per heavy atom. The average molecular weight is 361 g/mol. The Labute approximate surface area is 147 Å². The quantitative estimate of drug-likeness (QED) is 0.683. The molecular weight excluding hydrogens is 344 g/mol. The van der Waals surface area contributed by atoms with Crippen LogP contribution in [0.2, 0.25) is 0 Å². The summed E-state index contributed by atoms with van der Waals surface area (Å²) in [7, 11) is 0. The number of hydrogen-bond acceptors (Lipinski definition) is 5. The minimum atomic E-state index is 0.174. The van der Waals surface area contributed by atoms with Crippen LogP contribution in [-0.2, 0) is 17.6 Å². The van der Waals surface area contributed by atoms with Crippen molar-refractivity contribution in [1.82, 2.24) is 9.88 Å². The van der Waals surface area contributed by atoms with Crippen molar-refractivity contribution in [3.05, 3.63) is 49.8 Å². The van der Waals surface area contributed by atoms with E-state index in [9.17, 15) is 4.79 Å². The molecule has 1 aliphatic rings. The number of carbonyl (C=O) groups is 1. The predicted octanol–water partition coefficient (Wildman–Crippen LogP) is 4.62. The van der Waals surface area contributed by atoms with Gasteiger partial charge in [-0.15, -0.1) is 22.7 Å². The molecular formula is C17H16N2OS3. The molecule has 0 saturated carbocycles. The third-order valence-electron chi connectivity index (χ3n) is 4.25. The fraction of sp³-hybridized carbons (Fsp3) is 0.294. The fourth-order valence-corrected chi connectivity index (χ4v) is 5.51. The number of amides is 1. The lowest BCUT2D eigenvalue weighted by Crippen LogP contribution is -2.39. The molecule has 0 spiro atoms. The largest absolute Gasteiger partial charge is 0.335 e. The summed E-state index contributed by atoms with van der Waals surface area (Å²) < 4.78 is 0. The highest BCUT2D eigenvalue weighted by molar-refractivity contribution is 7.14. The summed E-state index contributed by atoms with van der Waals surface area (Å²) in [6.45, 7) is 2.94. The van der Waals surface area contributed by atoms with Crippen molar-refractivity contribution >= 4 is 39.9 Å². The van der Waals surface area contributed by atoms with Crippen LogP contribution in [0.1, 0.15) is 29.1 Å². The van der Waals surface area contributed by atoms with Crippen LogP contribution < -0.4 is 0 Å². The first kappa shape index (κ1) is 15.1. The van der Waals surface area contributed by atoms with Crippen LogP contribution in [0, 0.1) is 0 Å². The van der Waals surface area contributed by atoms with E-state index in [-0.39, 0.29) is 11.9 Å². The Morgan fingerprint density at radius 3 is 3.04 bits per heavy atom. The number of rotatable bonds is 3. The second-order valence-corrected chi connectivity index (χ2v) is 8.28. The second-order valence-electron chi connectivity index (χ2n) is 5.65. The van der Waals surface area contributed by atoms with Gasteiger partial charge in [0.05, 0.1) is 18.2 Å². The Bertz CT molecular complexity index is 819. The molecule has 0 N–H and O–H groups in total. The minimum absolute atomic E-state index is 0.174. The minimum Gasteiger partial charge on any atom is -0.335 e. The topological polar surface area (TPSA) is 33.2 Å². The molecule has 3 nitrogen and oxygen atoms in total. The smallest absolute Gasteiger partial charge is 0.229 e. The molecule has 0 aliphatic carbocycles. The lowest BCUT2D eigenvalue weighted by Gasteiger charge is -2.33. The van der Waals surface area contributed by atoms with Crippen LogP contribution in [0.4, 0.5) is 0 Å². The Kier molecular flexibility index (Phi) is 4.05. The molecule has 1 atom stereocenters. The summed E-state index contributed by atoms with van der Waals surface area (Å²) in [5.41, 5.74) is 3.34. The van der Waals surface area contributed by atoms with Gasteiger partial charge in [-0.1, -0.05) is 0 Å². The number of carbonyl (C=O) groups excluding carboxylic acids is 1. The number of aromatic nitrogens is 1. The first-order chi connectivity index (χ1) is 11.2. The maximum Gasteiger partial charge on any atom is 0.229 e. The lowest BCUT2D eigenvalue weighted by molar-refractivity contribution is -0.133. The number of thiazole rings is 1. The third kappa shape index (κ3) is 2.86. The first-order valence-corrected chi connectivity index (χ1v) is 10.3. The highest BCUT2D eigenvalue weighted by Crippen LogP contribution is 2.33. The van der Waals surface area contributed by atoms with Gasteiger partial charge in [-0.3, -0.25) is 4.79 Å². The van der Waals surface area contributed by atoms with Gasteiger partial charge in [-0.25, -0.2) is 4.98 Å². The zero-order valence-electron chi connectivity index (χ0n) is 12.7. The van der Waals surface area contributed by atoms with Gasteiger partial charge in [0, 0.05) is 27.7 Å². The van der Waals surface area contributed by atoms with E-state index in [2.05, 4.69) is 40.2 Å². The normalized spacial score (nSPS) is 17.3. The van der Waals surface area contributed by atoms with Gasteiger partial charge in [-0.2, -0.15) is 11.3 Å². The van der Waals surface area contributed by atoms with Gasteiger partial charge in [0.25, 0.3) is 0 Å². The zero-order valence-corrected chi connectivity index (χ0v) is 15.1. The zero-order chi connectivity index (χ0) is 15.8. The van der Waals surface area contributed by atoms with Crippen LogP contribution in [0.15, 0.2) is 33.7 Å². The number of hydrogen-bond donors (Lipinski definition) is 0. The molecule has 118 valence electrons. The van der Waals surface area contributed by atoms with Gasteiger partial charge in [0.2, 0.25) is 5.91 Å². The molecule has 1 aliphatic heterocycles. The summed E-state index contributed by atoms with van der Waals surface area (Å²) in [6.07, 6.45) is 1.37. The van der Waals surface area contributed by atoms with Crippen LogP contribution >= 0.6 is 34.0 Å². The monoisotopic (exact) mass is 360 g/mol. The van der Waals surface area contributed by atoms with E-state index < -0.39 is 0 Å². The summed E-state index contributed by atoms with van der Waals surface area (Å²) in [6, 6.07) is 4.40. The SMILES string of the molecule is C[C@H]1c2ccsc2CCN1C(=O)Cc1csc(-c2ccsc2)n1. The van der Waals surface area contributed by atoms with Gasteiger partial charge in [0.1, 0.15) is 5.01 Å². The van der Waals surface area contributed by atoms with Crippen molar-refractivity contribution in [1.29, 1.82) is 0 Å². The van der Waals surface area contributed by atoms with Crippen LogP contribution in [0.5, 0.6) is 0 Å². The van der Waals surface area contributed by atoms with Crippen molar-refractivity contribution in [2.75, 3.05) is 6.54 Å². The third-order valence-corrected chi connectivity index (χ3v) is 6.87. The van der Waals surface area contributed by atoms with Gasteiger partial charge < -0.3 is 4.90 Å². The molecule has 0 unspecified atom stereocenters. The standard InChI is InChI=1S/C17H16N2OS3/c1-11-14-4-7-22-15(14)2-5-19(11)16(20)8-13-10-23-17(18-13)12-3-6-21-9-12/h3-4,6-7,9-11H,2,5,8H2,1H3/t11-/m0/s1. The van der Waals surface area contributed by atoms with E-state index in [1.807, 2.05) is 10.3 Å². The summed E-state index contributed by atoms with van der Waals surface area (Å²) in [4.78, 5) is 20.8. The molecule has 0 aromatic carbocycles. The highest BCUT2D eigenvalue weighted by Gasteiger charge is 2.28. The molecule has 0 saturated heterocycles. The van der Waals surface area contributed by atoms with E-state index in [4.69, 9.17) is 0 Å². The van der Waals surface area contributed by atoms with Crippen LogP contribution in [0.25, 0.3) is 10.6 Å². The molecule has 0 radical (unpaired) electrons. The molecule has 0 fully saturated rings. The van der Waals surface area contributed by atoms with E-state index in [1.54, 1.807) is 34.0 Å². The molecule has 0 bridgehead atoms. The van der Waals surface area contributed by atoms with Crippen molar-refractivity contribution in [3.63, 3.8) is 0 Å². The Balaban J connectivity index is 1.48. The number of thiophene rings is 2. The molecule has 4 heterocycles. The molecule has 4 rings (SSSR count). The van der Waals surface area contributed by atoms with E-state index >= 15 is 0 Å². The predicted molar refractivity (Wildman–Crippen MR) is 97.3 cm³/mol. The summed E-state index contributed by atoms with van der Waals surface area (Å²) in [5.74, 6) is 0.177. The fourth-order valence-electron chi connectivity index (χ4n) is 3.01. The second kappa shape index (κ2) is 6.19. The molecule has 3 aromatic heterocycles. The van der Waals surface area contributed by atoms with E-state index in [0.29, 0.717) is 6.42 Å².